The highest BCUT2D eigenvalue weighted by Gasteiger charge is 2.26. The van der Waals surface area contributed by atoms with Crippen LogP contribution in [0.25, 0.3) is 0 Å². The lowest BCUT2D eigenvalue weighted by atomic mass is 10.1. The summed E-state index contributed by atoms with van der Waals surface area (Å²) in [6, 6.07) is 12.9. The average molecular weight is 387 g/mol. The number of nitrogens with zero attached hydrogens (tertiary/aromatic N) is 1. The van der Waals surface area contributed by atoms with E-state index >= 15 is 0 Å². The Bertz CT molecular complexity index is 808. The Morgan fingerprint density at radius 3 is 2.22 bits per heavy atom. The summed E-state index contributed by atoms with van der Waals surface area (Å²) in [5, 5.41) is 3.66. The minimum absolute atomic E-state index is 0.0138. The van der Waals surface area contributed by atoms with Crippen molar-refractivity contribution in [2.24, 2.45) is 0 Å². The summed E-state index contributed by atoms with van der Waals surface area (Å²) in [5.74, 6) is 0.0329. The fourth-order valence-corrected chi connectivity index (χ4v) is 3.53. The molecule has 0 spiro atoms. The molecule has 2 amide bonds. The fourth-order valence-electron chi connectivity index (χ4n) is 3.40. The van der Waals surface area contributed by atoms with Crippen molar-refractivity contribution in [1.82, 2.24) is 4.90 Å². The molecule has 1 heterocycles. The number of anilines is 1. The van der Waals surface area contributed by atoms with Crippen LogP contribution in [0.4, 0.5) is 5.69 Å². The van der Waals surface area contributed by atoms with Crippen molar-refractivity contribution in [3.05, 3.63) is 64.2 Å². The Balaban J connectivity index is 1.51. The predicted octanol–water partition coefficient (Wildman–Crippen LogP) is 1.94. The van der Waals surface area contributed by atoms with E-state index in [9.17, 15) is 9.59 Å². The van der Waals surface area contributed by atoms with Crippen LogP contribution < -0.4 is 10.2 Å². The molecule has 0 bridgehead atoms. The van der Waals surface area contributed by atoms with Crippen LogP contribution in [0, 0.1) is 13.8 Å². The molecular weight excluding hydrogens is 362 g/mol. The monoisotopic (exact) mass is 386 g/mol. The first-order chi connectivity index (χ1) is 12.9. The quantitative estimate of drug-likeness (QED) is 0.843. The lowest BCUT2D eigenvalue weighted by molar-refractivity contribution is -0.895. The maximum Gasteiger partial charge on any atom is 0.279 e. The Morgan fingerprint density at radius 1 is 1.04 bits per heavy atom. The van der Waals surface area contributed by atoms with Crippen LogP contribution in [0.3, 0.4) is 0 Å². The van der Waals surface area contributed by atoms with Crippen LogP contribution in [-0.2, 0) is 4.79 Å². The molecule has 6 heteroatoms. The Labute approximate surface area is 164 Å². The number of quaternary nitrogens is 1. The van der Waals surface area contributed by atoms with Crippen molar-refractivity contribution in [2.75, 3.05) is 38.0 Å². The Morgan fingerprint density at radius 2 is 1.63 bits per heavy atom. The van der Waals surface area contributed by atoms with Gasteiger partial charge in [0.1, 0.15) is 0 Å². The number of carbonyl (C=O) groups excluding carboxylic acids is 2. The summed E-state index contributed by atoms with van der Waals surface area (Å²) in [7, 11) is 0. The SMILES string of the molecule is Cc1cccc(C)c1NC(=O)C[NH+]1CCN(C(=O)c2ccc(Cl)cc2)CC1. The molecule has 0 unspecified atom stereocenters. The van der Waals surface area contributed by atoms with Crippen molar-refractivity contribution in [3.63, 3.8) is 0 Å². The molecule has 3 rings (SSSR count). The van der Waals surface area contributed by atoms with Gasteiger partial charge < -0.3 is 15.1 Å². The first kappa shape index (κ1) is 19.4. The van der Waals surface area contributed by atoms with E-state index in [4.69, 9.17) is 11.6 Å². The van der Waals surface area contributed by atoms with Crippen molar-refractivity contribution in [1.29, 1.82) is 0 Å². The van der Waals surface area contributed by atoms with Gasteiger partial charge in [0.15, 0.2) is 6.54 Å². The molecule has 0 aromatic heterocycles. The molecule has 0 saturated carbocycles. The number of rotatable bonds is 4. The second-order valence-corrected chi connectivity index (χ2v) is 7.48. The third-order valence-corrected chi connectivity index (χ3v) is 5.26. The number of amides is 2. The van der Waals surface area contributed by atoms with Gasteiger partial charge in [-0.3, -0.25) is 9.59 Å². The van der Waals surface area contributed by atoms with E-state index < -0.39 is 0 Å². The van der Waals surface area contributed by atoms with E-state index in [1.807, 2.05) is 36.9 Å². The third kappa shape index (κ3) is 4.87. The van der Waals surface area contributed by atoms with Gasteiger partial charge >= 0.3 is 0 Å². The lowest BCUT2D eigenvalue weighted by Gasteiger charge is -2.32. The first-order valence-corrected chi connectivity index (χ1v) is 9.56. The number of carbonyl (C=O) groups is 2. The number of hydrogen-bond donors (Lipinski definition) is 2. The van der Waals surface area contributed by atoms with Gasteiger partial charge in [-0.1, -0.05) is 29.8 Å². The highest BCUT2D eigenvalue weighted by molar-refractivity contribution is 6.30. The van der Waals surface area contributed by atoms with Gasteiger partial charge in [0.25, 0.3) is 11.8 Å². The Hall–Kier alpha value is -2.37. The van der Waals surface area contributed by atoms with Crippen LogP contribution in [0.2, 0.25) is 5.02 Å². The molecule has 142 valence electrons. The molecule has 1 saturated heterocycles. The van der Waals surface area contributed by atoms with Crippen LogP contribution in [0.5, 0.6) is 0 Å². The zero-order valence-electron chi connectivity index (χ0n) is 15.7. The molecule has 2 aromatic carbocycles. The summed E-state index contributed by atoms with van der Waals surface area (Å²) >= 11 is 5.88. The first-order valence-electron chi connectivity index (χ1n) is 9.18. The van der Waals surface area contributed by atoms with Crippen molar-refractivity contribution >= 4 is 29.1 Å². The molecule has 1 aliphatic rings. The summed E-state index contributed by atoms with van der Waals surface area (Å²) in [4.78, 5) is 28.0. The van der Waals surface area contributed by atoms with Crippen molar-refractivity contribution in [3.8, 4) is 0 Å². The zero-order valence-corrected chi connectivity index (χ0v) is 16.5. The molecule has 1 aliphatic heterocycles. The number of benzene rings is 2. The summed E-state index contributed by atoms with van der Waals surface area (Å²) in [5.41, 5.74) is 3.68. The van der Waals surface area contributed by atoms with Crippen molar-refractivity contribution in [2.45, 2.75) is 13.8 Å². The smallest absolute Gasteiger partial charge is 0.279 e. The second-order valence-electron chi connectivity index (χ2n) is 7.04. The van der Waals surface area contributed by atoms with E-state index in [0.717, 1.165) is 29.9 Å². The number of nitrogens with one attached hydrogen (secondary N) is 2. The number of halogens is 1. The number of para-hydroxylation sites is 1. The summed E-state index contributed by atoms with van der Waals surface area (Å²) in [6.07, 6.45) is 0. The maximum atomic E-state index is 12.6. The largest absolute Gasteiger partial charge is 0.327 e. The van der Waals surface area contributed by atoms with Crippen LogP contribution in [0.15, 0.2) is 42.5 Å². The van der Waals surface area contributed by atoms with Crippen molar-refractivity contribution < 1.29 is 14.5 Å². The molecule has 2 N–H and O–H groups in total. The van der Waals surface area contributed by atoms with E-state index in [1.165, 1.54) is 4.90 Å². The molecule has 27 heavy (non-hydrogen) atoms. The summed E-state index contributed by atoms with van der Waals surface area (Å²) < 4.78 is 0. The summed E-state index contributed by atoms with van der Waals surface area (Å²) in [6.45, 7) is 7.23. The van der Waals surface area contributed by atoms with Gasteiger partial charge in [-0.15, -0.1) is 0 Å². The Kier molecular flexibility index (Phi) is 6.14. The zero-order chi connectivity index (χ0) is 19.4. The molecule has 1 fully saturated rings. The number of piperazine rings is 1. The van der Waals surface area contributed by atoms with Gasteiger partial charge in [-0.25, -0.2) is 0 Å². The van der Waals surface area contributed by atoms with Gasteiger partial charge in [0.05, 0.1) is 26.2 Å². The molecule has 0 radical (unpaired) electrons. The average Bonchev–Trinajstić information content (AvgIpc) is 2.65. The molecular formula is C21H25ClN3O2+. The minimum atomic E-state index is 0.0138. The lowest BCUT2D eigenvalue weighted by Crippen LogP contribution is -3.15. The van der Waals surface area contributed by atoms with E-state index in [1.54, 1.807) is 24.3 Å². The predicted molar refractivity (Wildman–Crippen MR) is 107 cm³/mol. The fraction of sp³-hybridized carbons (Fsp3) is 0.333. The van der Waals surface area contributed by atoms with Gasteiger partial charge in [0.2, 0.25) is 0 Å². The highest BCUT2D eigenvalue weighted by Crippen LogP contribution is 2.19. The van der Waals surface area contributed by atoms with Gasteiger partial charge in [0, 0.05) is 16.3 Å². The number of hydrogen-bond acceptors (Lipinski definition) is 2. The minimum Gasteiger partial charge on any atom is -0.327 e. The molecule has 5 nitrogen and oxygen atoms in total. The van der Waals surface area contributed by atoms with E-state index in [2.05, 4.69) is 5.32 Å². The van der Waals surface area contributed by atoms with Crippen LogP contribution in [-0.4, -0.2) is 49.4 Å². The standard InChI is InChI=1S/C21H24ClN3O2/c1-15-4-3-5-16(2)20(15)23-19(26)14-24-10-12-25(13-11-24)21(27)17-6-8-18(22)9-7-17/h3-9H,10-14H2,1-2H3,(H,23,26)/p+1. The number of aryl methyl sites for hydroxylation is 2. The van der Waals surface area contributed by atoms with Gasteiger partial charge in [-0.2, -0.15) is 0 Å². The molecule has 2 aromatic rings. The van der Waals surface area contributed by atoms with Gasteiger partial charge in [-0.05, 0) is 49.2 Å². The van der Waals surface area contributed by atoms with Crippen LogP contribution >= 0.6 is 11.6 Å². The third-order valence-electron chi connectivity index (χ3n) is 5.01. The maximum absolute atomic E-state index is 12.6. The topological polar surface area (TPSA) is 53.9 Å². The molecule has 0 atom stereocenters. The van der Waals surface area contributed by atoms with E-state index in [-0.39, 0.29) is 11.8 Å². The second kappa shape index (κ2) is 8.55. The van der Waals surface area contributed by atoms with E-state index in [0.29, 0.717) is 30.2 Å². The molecule has 0 aliphatic carbocycles. The normalized spacial score (nSPS) is 14.9. The highest BCUT2D eigenvalue weighted by atomic mass is 35.5. The van der Waals surface area contributed by atoms with Crippen LogP contribution in [0.1, 0.15) is 21.5 Å².